The third-order valence-electron chi connectivity index (χ3n) is 4.47. The van der Waals surface area contributed by atoms with Gasteiger partial charge in [-0.3, -0.25) is 0 Å². The maximum Gasteiger partial charge on any atom is 0.416 e. The molecule has 19 heavy (non-hydrogen) atoms. The first kappa shape index (κ1) is 12.9. The largest absolute Gasteiger partial charge is 0.416 e. The summed E-state index contributed by atoms with van der Waals surface area (Å²) >= 11 is 0. The average molecular weight is 271 g/mol. The van der Waals surface area contributed by atoms with Crippen LogP contribution in [0.4, 0.5) is 13.2 Å². The first-order valence-electron chi connectivity index (χ1n) is 6.49. The van der Waals surface area contributed by atoms with Gasteiger partial charge in [-0.2, -0.15) is 13.2 Å². The minimum atomic E-state index is -4.29. The summed E-state index contributed by atoms with van der Waals surface area (Å²) in [6.07, 6.45) is -1.22. The molecular weight excluding hydrogens is 255 g/mol. The molecule has 0 aliphatic carbocycles. The maximum atomic E-state index is 12.6. The quantitative estimate of drug-likeness (QED) is 0.897. The normalized spacial score (nSPS) is 33.9. The number of rotatable bonds is 2. The SMILES string of the molecule is NCC1(c2ccc(C(F)(F)F)cc2)CC2CCC1O2. The van der Waals surface area contributed by atoms with E-state index >= 15 is 0 Å². The number of benzene rings is 1. The number of ether oxygens (including phenoxy) is 1. The second kappa shape index (κ2) is 4.21. The Morgan fingerprint density at radius 2 is 1.89 bits per heavy atom. The summed E-state index contributed by atoms with van der Waals surface area (Å²) in [5.74, 6) is 0. The Hall–Kier alpha value is -1.07. The van der Waals surface area contributed by atoms with Crippen LogP contribution in [0.2, 0.25) is 0 Å². The predicted octanol–water partition coefficient (Wildman–Crippen LogP) is 2.85. The minimum absolute atomic E-state index is 0.0548. The molecular formula is C14H16F3NO. The van der Waals surface area contributed by atoms with Crippen LogP contribution in [0.15, 0.2) is 24.3 Å². The van der Waals surface area contributed by atoms with Crippen molar-refractivity contribution >= 4 is 0 Å². The zero-order valence-electron chi connectivity index (χ0n) is 10.4. The number of alkyl halides is 3. The van der Waals surface area contributed by atoms with Gasteiger partial charge in [0.2, 0.25) is 0 Å². The Labute approximate surface area is 109 Å². The zero-order chi connectivity index (χ0) is 13.7. The Morgan fingerprint density at radius 3 is 2.32 bits per heavy atom. The Morgan fingerprint density at radius 1 is 1.21 bits per heavy atom. The number of hydrogen-bond acceptors (Lipinski definition) is 2. The Balaban J connectivity index is 1.93. The van der Waals surface area contributed by atoms with Crippen molar-refractivity contribution in [3.05, 3.63) is 35.4 Å². The molecule has 2 aliphatic rings. The van der Waals surface area contributed by atoms with Crippen molar-refractivity contribution in [3.63, 3.8) is 0 Å². The van der Waals surface area contributed by atoms with Gasteiger partial charge in [-0.15, -0.1) is 0 Å². The minimum Gasteiger partial charge on any atom is -0.374 e. The smallest absolute Gasteiger partial charge is 0.374 e. The van der Waals surface area contributed by atoms with Crippen molar-refractivity contribution in [2.45, 2.75) is 43.1 Å². The van der Waals surface area contributed by atoms with Gasteiger partial charge in [0.05, 0.1) is 17.8 Å². The van der Waals surface area contributed by atoms with Gasteiger partial charge < -0.3 is 10.5 Å². The van der Waals surface area contributed by atoms with E-state index in [-0.39, 0.29) is 17.6 Å². The molecule has 3 rings (SSSR count). The highest BCUT2D eigenvalue weighted by atomic mass is 19.4. The van der Waals surface area contributed by atoms with Crippen LogP contribution < -0.4 is 5.73 Å². The number of fused-ring (bicyclic) bond motifs is 2. The topological polar surface area (TPSA) is 35.2 Å². The van der Waals surface area contributed by atoms with E-state index in [1.54, 1.807) is 12.1 Å². The van der Waals surface area contributed by atoms with Crippen LogP contribution in [0.5, 0.6) is 0 Å². The van der Waals surface area contributed by atoms with Crippen LogP contribution in [0.3, 0.4) is 0 Å². The summed E-state index contributed by atoms with van der Waals surface area (Å²) in [7, 11) is 0. The molecule has 0 aromatic heterocycles. The molecule has 2 heterocycles. The van der Waals surface area contributed by atoms with E-state index in [1.165, 1.54) is 0 Å². The van der Waals surface area contributed by atoms with E-state index in [2.05, 4.69) is 0 Å². The molecule has 0 amide bonds. The Bertz CT molecular complexity index is 471. The van der Waals surface area contributed by atoms with Crippen LogP contribution in [0.1, 0.15) is 30.4 Å². The Kier molecular flexibility index (Phi) is 2.87. The van der Waals surface area contributed by atoms with E-state index in [1.807, 2.05) is 0 Å². The van der Waals surface area contributed by atoms with Crippen LogP contribution in [-0.2, 0) is 16.3 Å². The zero-order valence-corrected chi connectivity index (χ0v) is 10.4. The molecule has 0 saturated carbocycles. The fourth-order valence-corrected chi connectivity index (χ4v) is 3.43. The van der Waals surface area contributed by atoms with Gasteiger partial charge in [0.15, 0.2) is 0 Å². The fraction of sp³-hybridized carbons (Fsp3) is 0.571. The lowest BCUT2D eigenvalue weighted by Crippen LogP contribution is -2.43. The van der Waals surface area contributed by atoms with E-state index in [0.717, 1.165) is 37.0 Å². The monoisotopic (exact) mass is 271 g/mol. The van der Waals surface area contributed by atoms with Crippen LogP contribution >= 0.6 is 0 Å². The van der Waals surface area contributed by atoms with E-state index in [9.17, 15) is 13.2 Å². The summed E-state index contributed by atoms with van der Waals surface area (Å²) in [6.45, 7) is 0.416. The third-order valence-corrected chi connectivity index (χ3v) is 4.47. The van der Waals surface area contributed by atoms with Crippen LogP contribution in [0.25, 0.3) is 0 Å². The summed E-state index contributed by atoms with van der Waals surface area (Å²) in [5, 5.41) is 0. The van der Waals surface area contributed by atoms with Crippen LogP contribution in [-0.4, -0.2) is 18.8 Å². The highest BCUT2D eigenvalue weighted by Crippen LogP contribution is 2.49. The lowest BCUT2D eigenvalue weighted by molar-refractivity contribution is -0.137. The van der Waals surface area contributed by atoms with Crippen molar-refractivity contribution in [1.29, 1.82) is 0 Å². The second-order valence-electron chi connectivity index (χ2n) is 5.46. The first-order chi connectivity index (χ1) is 8.95. The molecule has 0 radical (unpaired) electrons. The lowest BCUT2D eigenvalue weighted by atomic mass is 9.69. The van der Waals surface area contributed by atoms with Gasteiger partial charge >= 0.3 is 6.18 Å². The number of hydrogen-bond donors (Lipinski definition) is 1. The van der Waals surface area contributed by atoms with Crippen molar-refractivity contribution in [1.82, 2.24) is 0 Å². The molecule has 2 N–H and O–H groups in total. The van der Waals surface area contributed by atoms with Gasteiger partial charge in [0.1, 0.15) is 0 Å². The summed E-state index contributed by atoms with van der Waals surface area (Å²) in [5.41, 5.74) is 5.86. The molecule has 2 aliphatic heterocycles. The second-order valence-corrected chi connectivity index (χ2v) is 5.46. The number of nitrogens with two attached hydrogens (primary N) is 1. The standard InChI is InChI=1S/C14H16F3NO/c15-14(16,17)10-3-1-9(2-4-10)13(8-18)7-11-5-6-12(13)19-11/h1-4,11-12H,5-8,18H2. The summed E-state index contributed by atoms with van der Waals surface area (Å²) in [6, 6.07) is 5.39. The van der Waals surface area contributed by atoms with Gasteiger partial charge in [0.25, 0.3) is 0 Å². The molecule has 104 valence electrons. The van der Waals surface area contributed by atoms with E-state index < -0.39 is 11.7 Å². The third kappa shape index (κ3) is 1.96. The van der Waals surface area contributed by atoms with Crippen molar-refractivity contribution in [2.75, 3.05) is 6.54 Å². The maximum absolute atomic E-state index is 12.6. The van der Waals surface area contributed by atoms with Crippen LogP contribution in [0, 0.1) is 0 Å². The molecule has 2 fully saturated rings. The van der Waals surface area contributed by atoms with E-state index in [0.29, 0.717) is 6.54 Å². The van der Waals surface area contributed by atoms with Crippen molar-refractivity contribution < 1.29 is 17.9 Å². The lowest BCUT2D eigenvalue weighted by Gasteiger charge is -2.34. The van der Waals surface area contributed by atoms with Crippen molar-refractivity contribution in [3.8, 4) is 0 Å². The molecule has 5 heteroatoms. The molecule has 3 unspecified atom stereocenters. The first-order valence-corrected chi connectivity index (χ1v) is 6.49. The van der Waals surface area contributed by atoms with Gasteiger partial charge in [-0.25, -0.2) is 0 Å². The summed E-state index contributed by atoms with van der Waals surface area (Å²) < 4.78 is 43.6. The molecule has 1 aromatic rings. The summed E-state index contributed by atoms with van der Waals surface area (Å²) in [4.78, 5) is 0. The average Bonchev–Trinajstić information content (AvgIpc) is 2.98. The fourth-order valence-electron chi connectivity index (χ4n) is 3.43. The molecule has 0 spiro atoms. The van der Waals surface area contributed by atoms with Gasteiger partial charge in [-0.1, -0.05) is 12.1 Å². The van der Waals surface area contributed by atoms with E-state index in [4.69, 9.17) is 10.5 Å². The van der Waals surface area contributed by atoms with Crippen molar-refractivity contribution in [2.24, 2.45) is 5.73 Å². The predicted molar refractivity (Wildman–Crippen MR) is 64.7 cm³/mol. The molecule has 1 aromatic carbocycles. The highest BCUT2D eigenvalue weighted by molar-refractivity contribution is 5.34. The number of halogens is 3. The molecule has 3 atom stereocenters. The molecule has 2 nitrogen and oxygen atoms in total. The van der Waals surface area contributed by atoms with Gasteiger partial charge in [-0.05, 0) is 37.0 Å². The highest BCUT2D eigenvalue weighted by Gasteiger charge is 2.52. The van der Waals surface area contributed by atoms with Gasteiger partial charge in [0, 0.05) is 12.0 Å². The molecule has 2 saturated heterocycles. The molecule has 2 bridgehead atoms.